The summed E-state index contributed by atoms with van der Waals surface area (Å²) in [4.78, 5) is 12.0. The summed E-state index contributed by atoms with van der Waals surface area (Å²) in [5, 5.41) is 6.32. The summed E-state index contributed by atoms with van der Waals surface area (Å²) in [5.41, 5.74) is 2.09. The lowest BCUT2D eigenvalue weighted by Crippen LogP contribution is -2.31. The third-order valence-electron chi connectivity index (χ3n) is 4.55. The molecule has 0 radical (unpaired) electrons. The van der Waals surface area contributed by atoms with Crippen LogP contribution in [0.15, 0.2) is 48.5 Å². The Bertz CT molecular complexity index is 719. The van der Waals surface area contributed by atoms with Gasteiger partial charge < -0.3 is 20.1 Å². The van der Waals surface area contributed by atoms with Crippen LogP contribution in [0.4, 0.5) is 0 Å². The molecule has 0 aromatic heterocycles. The number of carbonyl (C=O) groups excluding carboxylic acids is 1. The first-order valence-electron chi connectivity index (χ1n) is 9.08. The largest absolute Gasteiger partial charge is 0.493 e. The number of halogens is 1. The number of amides is 1. The zero-order chi connectivity index (χ0) is 18.2. The number of benzene rings is 2. The van der Waals surface area contributed by atoms with Gasteiger partial charge in [-0.25, -0.2) is 0 Å². The molecule has 6 heteroatoms. The van der Waals surface area contributed by atoms with Crippen LogP contribution in [-0.2, 0) is 17.9 Å². The number of rotatable bonds is 8. The molecule has 146 valence electrons. The van der Waals surface area contributed by atoms with Crippen LogP contribution in [0.1, 0.15) is 30.4 Å². The molecule has 2 aromatic carbocycles. The van der Waals surface area contributed by atoms with E-state index in [9.17, 15) is 4.79 Å². The SMILES string of the molecule is COc1cc(CNC(=O)CC2CCCN2)ccc1OCc1ccccc1.Cl. The molecule has 3 rings (SSSR count). The first kappa shape index (κ1) is 21.1. The Kier molecular flexibility index (Phi) is 8.43. The topological polar surface area (TPSA) is 59.6 Å². The van der Waals surface area contributed by atoms with Crippen LogP contribution in [0.3, 0.4) is 0 Å². The summed E-state index contributed by atoms with van der Waals surface area (Å²) >= 11 is 0. The van der Waals surface area contributed by atoms with E-state index < -0.39 is 0 Å². The van der Waals surface area contributed by atoms with E-state index in [0.717, 1.165) is 30.5 Å². The second kappa shape index (κ2) is 10.8. The van der Waals surface area contributed by atoms with Crippen molar-refractivity contribution in [3.63, 3.8) is 0 Å². The highest BCUT2D eigenvalue weighted by Crippen LogP contribution is 2.28. The summed E-state index contributed by atoms with van der Waals surface area (Å²) in [6, 6.07) is 16.1. The van der Waals surface area contributed by atoms with E-state index in [2.05, 4.69) is 10.6 Å². The van der Waals surface area contributed by atoms with E-state index in [0.29, 0.717) is 37.1 Å². The highest BCUT2D eigenvalue weighted by Gasteiger charge is 2.17. The zero-order valence-corrected chi connectivity index (χ0v) is 16.4. The number of nitrogens with one attached hydrogen (secondary N) is 2. The quantitative estimate of drug-likeness (QED) is 0.724. The summed E-state index contributed by atoms with van der Waals surface area (Å²) in [7, 11) is 1.62. The Labute approximate surface area is 166 Å². The molecular weight excluding hydrogens is 364 g/mol. The Balaban J connectivity index is 0.00000261. The van der Waals surface area contributed by atoms with Gasteiger partial charge in [0.1, 0.15) is 6.61 Å². The van der Waals surface area contributed by atoms with Gasteiger partial charge in [0.15, 0.2) is 11.5 Å². The van der Waals surface area contributed by atoms with E-state index >= 15 is 0 Å². The standard InChI is InChI=1S/C21H26N2O3.ClH/c1-25-20-12-17(14-23-21(24)13-18-8-5-11-22-18)9-10-19(20)26-15-16-6-3-2-4-7-16;/h2-4,6-7,9-10,12,18,22H,5,8,11,13-15H2,1H3,(H,23,24);1H. The minimum Gasteiger partial charge on any atom is -0.493 e. The van der Waals surface area contributed by atoms with Crippen LogP contribution in [-0.4, -0.2) is 25.6 Å². The number of hydrogen-bond acceptors (Lipinski definition) is 4. The second-order valence-corrected chi connectivity index (χ2v) is 6.53. The first-order valence-corrected chi connectivity index (χ1v) is 9.08. The molecule has 0 saturated carbocycles. The van der Waals surface area contributed by atoms with Gasteiger partial charge in [-0.05, 0) is 42.6 Å². The fraction of sp³-hybridized carbons (Fsp3) is 0.381. The predicted octanol–water partition coefficient (Wildman–Crippen LogP) is 3.45. The van der Waals surface area contributed by atoms with E-state index in [1.807, 2.05) is 48.5 Å². The number of methoxy groups -OCH3 is 1. The van der Waals surface area contributed by atoms with Gasteiger partial charge in [0.25, 0.3) is 0 Å². The first-order chi connectivity index (χ1) is 12.7. The Morgan fingerprint density at radius 1 is 1.15 bits per heavy atom. The zero-order valence-electron chi connectivity index (χ0n) is 15.6. The van der Waals surface area contributed by atoms with Crippen LogP contribution in [0.25, 0.3) is 0 Å². The minimum absolute atomic E-state index is 0. The number of carbonyl (C=O) groups is 1. The predicted molar refractivity (Wildman–Crippen MR) is 109 cm³/mol. The maximum Gasteiger partial charge on any atom is 0.221 e. The van der Waals surface area contributed by atoms with Crippen molar-refractivity contribution in [2.24, 2.45) is 0 Å². The lowest BCUT2D eigenvalue weighted by atomic mass is 10.1. The molecule has 1 aliphatic heterocycles. The third-order valence-corrected chi connectivity index (χ3v) is 4.55. The van der Waals surface area contributed by atoms with Gasteiger partial charge in [0, 0.05) is 19.0 Å². The van der Waals surface area contributed by atoms with Crippen LogP contribution in [0.5, 0.6) is 11.5 Å². The van der Waals surface area contributed by atoms with Crippen molar-refractivity contribution >= 4 is 18.3 Å². The third kappa shape index (κ3) is 6.45. The van der Waals surface area contributed by atoms with Crippen molar-refractivity contribution in [3.05, 3.63) is 59.7 Å². The summed E-state index contributed by atoms with van der Waals surface area (Å²) in [6.45, 7) is 1.99. The van der Waals surface area contributed by atoms with Gasteiger partial charge >= 0.3 is 0 Å². The maximum atomic E-state index is 12.0. The van der Waals surface area contributed by atoms with Gasteiger partial charge in [-0.1, -0.05) is 36.4 Å². The molecule has 1 saturated heterocycles. The molecule has 1 unspecified atom stereocenters. The van der Waals surface area contributed by atoms with Crippen molar-refractivity contribution in [2.45, 2.75) is 38.5 Å². The van der Waals surface area contributed by atoms with Crippen LogP contribution in [0.2, 0.25) is 0 Å². The van der Waals surface area contributed by atoms with Crippen molar-refractivity contribution < 1.29 is 14.3 Å². The van der Waals surface area contributed by atoms with Crippen molar-refractivity contribution in [1.82, 2.24) is 10.6 Å². The van der Waals surface area contributed by atoms with Gasteiger partial charge in [0.05, 0.1) is 7.11 Å². The summed E-state index contributed by atoms with van der Waals surface area (Å²) in [5.74, 6) is 1.44. The molecule has 1 atom stereocenters. The van der Waals surface area contributed by atoms with Gasteiger partial charge in [-0.3, -0.25) is 4.79 Å². The van der Waals surface area contributed by atoms with Gasteiger partial charge in [0.2, 0.25) is 5.91 Å². The average Bonchev–Trinajstić information content (AvgIpc) is 3.18. The molecule has 1 aliphatic rings. The number of hydrogen-bond donors (Lipinski definition) is 2. The van der Waals surface area contributed by atoms with E-state index in [1.54, 1.807) is 7.11 Å². The van der Waals surface area contributed by atoms with E-state index in [1.165, 1.54) is 0 Å². The lowest BCUT2D eigenvalue weighted by molar-refractivity contribution is -0.121. The highest BCUT2D eigenvalue weighted by atomic mass is 35.5. The van der Waals surface area contributed by atoms with Crippen molar-refractivity contribution in [1.29, 1.82) is 0 Å². The summed E-state index contributed by atoms with van der Waals surface area (Å²) < 4.78 is 11.3. The average molecular weight is 391 g/mol. The Morgan fingerprint density at radius 2 is 1.96 bits per heavy atom. The van der Waals surface area contributed by atoms with Gasteiger partial charge in [-0.2, -0.15) is 0 Å². The molecule has 0 spiro atoms. The highest BCUT2D eigenvalue weighted by molar-refractivity contribution is 5.85. The van der Waals surface area contributed by atoms with Crippen LogP contribution >= 0.6 is 12.4 Å². The van der Waals surface area contributed by atoms with E-state index in [-0.39, 0.29) is 18.3 Å². The molecule has 0 bridgehead atoms. The lowest BCUT2D eigenvalue weighted by Gasteiger charge is -2.13. The molecule has 5 nitrogen and oxygen atoms in total. The normalized spacial score (nSPS) is 15.7. The monoisotopic (exact) mass is 390 g/mol. The Morgan fingerprint density at radius 3 is 2.67 bits per heavy atom. The number of ether oxygens (including phenoxy) is 2. The molecule has 27 heavy (non-hydrogen) atoms. The minimum atomic E-state index is 0. The molecule has 0 aliphatic carbocycles. The fourth-order valence-corrected chi connectivity index (χ4v) is 3.10. The molecule has 2 aromatic rings. The van der Waals surface area contributed by atoms with Gasteiger partial charge in [-0.15, -0.1) is 12.4 Å². The Hall–Kier alpha value is -2.24. The molecule has 2 N–H and O–H groups in total. The molecule has 1 heterocycles. The summed E-state index contributed by atoms with van der Waals surface area (Å²) in [6.07, 6.45) is 2.77. The van der Waals surface area contributed by atoms with E-state index in [4.69, 9.17) is 9.47 Å². The smallest absolute Gasteiger partial charge is 0.221 e. The van der Waals surface area contributed by atoms with Crippen LogP contribution < -0.4 is 20.1 Å². The second-order valence-electron chi connectivity index (χ2n) is 6.53. The van der Waals surface area contributed by atoms with Crippen molar-refractivity contribution in [3.8, 4) is 11.5 Å². The molecule has 1 fully saturated rings. The molecular formula is C21H27ClN2O3. The van der Waals surface area contributed by atoms with Crippen LogP contribution in [0, 0.1) is 0 Å². The molecule has 1 amide bonds. The fourth-order valence-electron chi connectivity index (χ4n) is 3.10. The maximum absolute atomic E-state index is 12.0. The van der Waals surface area contributed by atoms with Crippen molar-refractivity contribution in [2.75, 3.05) is 13.7 Å².